The van der Waals surface area contributed by atoms with Crippen LogP contribution in [0, 0.1) is 5.82 Å². The van der Waals surface area contributed by atoms with E-state index in [9.17, 15) is 18.8 Å². The topological polar surface area (TPSA) is 78.9 Å². The highest BCUT2D eigenvalue weighted by Gasteiger charge is 2.28. The van der Waals surface area contributed by atoms with Gasteiger partial charge in [0.25, 0.3) is 5.91 Å². The van der Waals surface area contributed by atoms with Gasteiger partial charge in [-0.1, -0.05) is 0 Å². The number of piperazine rings is 1. The Morgan fingerprint density at radius 2 is 1.75 bits per heavy atom. The van der Waals surface area contributed by atoms with Gasteiger partial charge in [-0.25, -0.2) is 9.18 Å². The number of anilines is 2. The van der Waals surface area contributed by atoms with Gasteiger partial charge < -0.3 is 19.9 Å². The number of nitrogens with one attached hydrogen (secondary N) is 1. The zero-order valence-electron chi connectivity index (χ0n) is 18.0. The van der Waals surface area contributed by atoms with Gasteiger partial charge in [-0.2, -0.15) is 0 Å². The summed E-state index contributed by atoms with van der Waals surface area (Å²) in [6.07, 6.45) is 3.71. The maximum atomic E-state index is 13.1. The molecule has 2 heterocycles. The molecule has 1 aromatic carbocycles. The van der Waals surface area contributed by atoms with Crippen LogP contribution in [0.2, 0.25) is 0 Å². The number of benzene rings is 1. The molecule has 1 aliphatic heterocycles. The second-order valence-corrected chi connectivity index (χ2v) is 9.12. The monoisotopic (exact) mass is 459 g/mol. The molecule has 1 fully saturated rings. The molecule has 9 heteroatoms. The summed E-state index contributed by atoms with van der Waals surface area (Å²) >= 11 is 1.42. The molecule has 2 amide bonds. The van der Waals surface area contributed by atoms with E-state index in [0.29, 0.717) is 36.7 Å². The second kappa shape index (κ2) is 9.68. The Morgan fingerprint density at radius 1 is 1.06 bits per heavy atom. The molecule has 1 saturated heterocycles. The van der Waals surface area contributed by atoms with Gasteiger partial charge in [0.05, 0.1) is 5.56 Å². The number of carbonyl (C=O) groups excluding carboxylic acids is 3. The molecular weight excluding hydrogens is 433 g/mol. The van der Waals surface area contributed by atoms with Gasteiger partial charge in [0.15, 0.2) is 6.61 Å². The second-order valence-electron chi connectivity index (χ2n) is 8.02. The Morgan fingerprint density at radius 3 is 2.44 bits per heavy atom. The molecule has 0 radical (unpaired) electrons. The standard InChI is InChI=1S/C23H26FN3O4S/c1-15(28)25-22-21(18-4-2-3-5-19(18)32-22)23(30)31-14-20(29)27-12-10-26(11-13-27)17-8-6-16(24)7-9-17/h6-9H,2-5,10-14H2,1H3,(H,25,28). The quantitative estimate of drug-likeness (QED) is 0.695. The Labute approximate surface area is 190 Å². The van der Waals surface area contributed by atoms with Crippen LogP contribution < -0.4 is 10.2 Å². The van der Waals surface area contributed by atoms with Crippen LogP contribution in [0.3, 0.4) is 0 Å². The van der Waals surface area contributed by atoms with Crippen molar-refractivity contribution >= 4 is 39.8 Å². The average molecular weight is 460 g/mol. The predicted octanol–water partition coefficient (Wildman–Crippen LogP) is 3.23. The highest BCUT2D eigenvalue weighted by atomic mass is 32.1. The van der Waals surface area contributed by atoms with Crippen LogP contribution in [0.15, 0.2) is 24.3 Å². The highest BCUT2D eigenvalue weighted by Crippen LogP contribution is 2.38. The molecule has 0 unspecified atom stereocenters. The van der Waals surface area contributed by atoms with Crippen LogP contribution in [0.1, 0.15) is 40.6 Å². The molecule has 1 aliphatic carbocycles. The van der Waals surface area contributed by atoms with E-state index in [0.717, 1.165) is 41.8 Å². The third-order valence-corrected chi connectivity index (χ3v) is 7.02. The maximum absolute atomic E-state index is 13.1. The third-order valence-electron chi connectivity index (χ3n) is 5.82. The molecule has 2 aromatic rings. The molecule has 4 rings (SSSR count). The molecule has 1 aromatic heterocycles. The van der Waals surface area contributed by atoms with Crippen molar-refractivity contribution in [2.24, 2.45) is 0 Å². The summed E-state index contributed by atoms with van der Waals surface area (Å²) in [4.78, 5) is 41.9. The van der Waals surface area contributed by atoms with Crippen molar-refractivity contribution in [1.82, 2.24) is 4.90 Å². The van der Waals surface area contributed by atoms with Crippen molar-refractivity contribution in [2.45, 2.75) is 32.6 Å². The lowest BCUT2D eigenvalue weighted by molar-refractivity contribution is -0.134. The Kier molecular flexibility index (Phi) is 6.74. The number of hydrogen-bond acceptors (Lipinski definition) is 6. The summed E-state index contributed by atoms with van der Waals surface area (Å²) in [5.41, 5.74) is 2.25. The van der Waals surface area contributed by atoms with Gasteiger partial charge in [-0.15, -0.1) is 11.3 Å². The van der Waals surface area contributed by atoms with Gasteiger partial charge in [-0.05, 0) is 55.5 Å². The van der Waals surface area contributed by atoms with Crippen LogP contribution in [0.5, 0.6) is 0 Å². The number of rotatable bonds is 5. The van der Waals surface area contributed by atoms with Crippen molar-refractivity contribution in [3.63, 3.8) is 0 Å². The molecular formula is C23H26FN3O4S. The van der Waals surface area contributed by atoms with Crippen molar-refractivity contribution in [1.29, 1.82) is 0 Å². The molecule has 0 bridgehead atoms. The number of nitrogens with zero attached hydrogens (tertiary/aromatic N) is 2. The summed E-state index contributed by atoms with van der Waals surface area (Å²) in [5.74, 6) is -1.33. The van der Waals surface area contributed by atoms with Crippen molar-refractivity contribution in [2.75, 3.05) is 43.0 Å². The van der Waals surface area contributed by atoms with Crippen LogP contribution in [0.4, 0.5) is 15.1 Å². The van der Waals surface area contributed by atoms with E-state index >= 15 is 0 Å². The number of carbonyl (C=O) groups is 3. The van der Waals surface area contributed by atoms with E-state index in [4.69, 9.17) is 4.74 Å². The number of halogens is 1. The number of fused-ring (bicyclic) bond motifs is 1. The molecule has 170 valence electrons. The minimum atomic E-state index is -0.563. The Hall–Kier alpha value is -2.94. The molecule has 0 saturated carbocycles. The fourth-order valence-electron chi connectivity index (χ4n) is 4.19. The zero-order valence-corrected chi connectivity index (χ0v) is 18.8. The first kappa shape index (κ1) is 22.3. The SMILES string of the molecule is CC(=O)Nc1sc2c(c1C(=O)OCC(=O)N1CCN(c3ccc(F)cc3)CC1)CCCC2. The maximum Gasteiger partial charge on any atom is 0.341 e. The van der Waals surface area contributed by atoms with E-state index in [2.05, 4.69) is 10.2 Å². The predicted molar refractivity (Wildman–Crippen MR) is 121 cm³/mol. The number of hydrogen-bond donors (Lipinski definition) is 1. The van der Waals surface area contributed by atoms with Crippen LogP contribution in [-0.2, 0) is 27.2 Å². The first-order valence-corrected chi connectivity index (χ1v) is 11.6. The van der Waals surface area contributed by atoms with Crippen molar-refractivity contribution in [3.05, 3.63) is 46.1 Å². The van der Waals surface area contributed by atoms with Crippen LogP contribution in [0.25, 0.3) is 0 Å². The van der Waals surface area contributed by atoms with E-state index in [1.165, 1.54) is 30.4 Å². The zero-order chi connectivity index (χ0) is 22.7. The van der Waals surface area contributed by atoms with E-state index in [-0.39, 0.29) is 24.2 Å². The molecule has 0 spiro atoms. The normalized spacial score (nSPS) is 15.8. The molecule has 32 heavy (non-hydrogen) atoms. The van der Waals surface area contributed by atoms with Crippen LogP contribution in [-0.4, -0.2) is 55.5 Å². The summed E-state index contributed by atoms with van der Waals surface area (Å²) in [6.45, 7) is 3.31. The lowest BCUT2D eigenvalue weighted by atomic mass is 9.95. The summed E-state index contributed by atoms with van der Waals surface area (Å²) in [7, 11) is 0. The van der Waals surface area contributed by atoms with Gasteiger partial charge in [0.1, 0.15) is 10.8 Å². The highest BCUT2D eigenvalue weighted by molar-refractivity contribution is 7.17. The van der Waals surface area contributed by atoms with Crippen molar-refractivity contribution < 1.29 is 23.5 Å². The number of amides is 2. The minimum absolute atomic E-state index is 0.243. The van der Waals surface area contributed by atoms with Gasteiger partial charge in [0, 0.05) is 43.7 Å². The summed E-state index contributed by atoms with van der Waals surface area (Å²) < 4.78 is 18.5. The number of thiophene rings is 1. The Balaban J connectivity index is 1.34. The van der Waals surface area contributed by atoms with Gasteiger partial charge >= 0.3 is 5.97 Å². The fraction of sp³-hybridized carbons (Fsp3) is 0.435. The minimum Gasteiger partial charge on any atom is -0.452 e. The van der Waals surface area contributed by atoms with Crippen molar-refractivity contribution in [3.8, 4) is 0 Å². The third kappa shape index (κ3) is 4.93. The largest absolute Gasteiger partial charge is 0.452 e. The molecule has 1 N–H and O–H groups in total. The first-order chi connectivity index (χ1) is 15.4. The average Bonchev–Trinajstić information content (AvgIpc) is 3.15. The lowest BCUT2D eigenvalue weighted by Gasteiger charge is -2.36. The lowest BCUT2D eigenvalue weighted by Crippen LogP contribution is -2.49. The summed E-state index contributed by atoms with van der Waals surface area (Å²) in [6, 6.07) is 6.29. The molecule has 2 aliphatic rings. The van der Waals surface area contributed by atoms with Gasteiger partial charge in [-0.3, -0.25) is 9.59 Å². The molecule has 0 atom stereocenters. The van der Waals surface area contributed by atoms with Gasteiger partial charge in [0.2, 0.25) is 5.91 Å². The van der Waals surface area contributed by atoms with E-state index < -0.39 is 5.97 Å². The molecule has 7 nitrogen and oxygen atoms in total. The van der Waals surface area contributed by atoms with E-state index in [1.54, 1.807) is 17.0 Å². The summed E-state index contributed by atoms with van der Waals surface area (Å²) in [5, 5.41) is 3.25. The van der Waals surface area contributed by atoms with Crippen LogP contribution >= 0.6 is 11.3 Å². The smallest absolute Gasteiger partial charge is 0.341 e. The first-order valence-electron chi connectivity index (χ1n) is 10.8. The number of ether oxygens (including phenoxy) is 1. The fourth-order valence-corrected chi connectivity index (χ4v) is 5.51. The Bertz CT molecular complexity index is 1010. The van der Waals surface area contributed by atoms with E-state index in [1.807, 2.05) is 0 Å². The number of esters is 1. The number of aryl methyl sites for hydroxylation is 1.